The van der Waals surface area contributed by atoms with Gasteiger partial charge >= 0.3 is 6.11 Å². The molecule has 0 spiro atoms. The first kappa shape index (κ1) is 17.6. The molecule has 2 saturated carbocycles. The van der Waals surface area contributed by atoms with Gasteiger partial charge in [-0.2, -0.15) is 13.2 Å². The van der Waals surface area contributed by atoms with Crippen LogP contribution in [0.2, 0.25) is 0 Å². The first-order chi connectivity index (χ1) is 14.5. The van der Waals surface area contributed by atoms with E-state index in [0.717, 1.165) is 37.7 Å². The van der Waals surface area contributed by atoms with Gasteiger partial charge in [-0.15, -0.1) is 0 Å². The summed E-state index contributed by atoms with van der Waals surface area (Å²) < 4.78 is 80.6. The number of hydrogen-bond acceptors (Lipinski definition) is 1. The molecule has 0 aromatic heterocycles. The average molecular weight is 404 g/mol. The van der Waals surface area contributed by atoms with Crippen molar-refractivity contribution in [2.45, 2.75) is 90.0 Å². The Hall–Kier alpha value is -1.26. The van der Waals surface area contributed by atoms with Gasteiger partial charge in [0.25, 0.3) is 0 Å². The first-order valence-corrected chi connectivity index (χ1v) is 10.6. The standard InChI is InChI=1S/C23H32F4O/c1-3-4-15-5-7-16(8-6-15)17-9-11-18(12-10-17)19-13-14-20(22(25)21(19)24)28-23(2,26)27/h13-18H,3-12H2,1-2H3/i2D3. The Kier molecular flexibility index (Phi) is 5.68. The molecule has 0 N–H and O–H groups in total. The fourth-order valence-electron chi connectivity index (χ4n) is 5.34. The van der Waals surface area contributed by atoms with Crippen LogP contribution < -0.4 is 4.74 Å². The van der Waals surface area contributed by atoms with E-state index in [1.54, 1.807) is 0 Å². The number of benzene rings is 1. The summed E-state index contributed by atoms with van der Waals surface area (Å²) in [4.78, 5) is 0. The summed E-state index contributed by atoms with van der Waals surface area (Å²) in [5, 5.41) is 0. The van der Waals surface area contributed by atoms with Crippen molar-refractivity contribution in [2.24, 2.45) is 17.8 Å². The highest BCUT2D eigenvalue weighted by atomic mass is 19.3. The van der Waals surface area contributed by atoms with Gasteiger partial charge in [0, 0.05) is 11.0 Å². The van der Waals surface area contributed by atoms with Gasteiger partial charge in [-0.05, 0) is 73.8 Å². The van der Waals surface area contributed by atoms with E-state index in [9.17, 15) is 17.6 Å². The van der Waals surface area contributed by atoms with E-state index >= 15 is 0 Å². The molecular weight excluding hydrogens is 368 g/mol. The topological polar surface area (TPSA) is 9.23 Å². The Balaban J connectivity index is 1.60. The largest absolute Gasteiger partial charge is 0.430 e. The van der Waals surface area contributed by atoms with Gasteiger partial charge in [0.1, 0.15) is 0 Å². The maximum absolute atomic E-state index is 14.6. The monoisotopic (exact) mass is 403 g/mol. The molecule has 0 saturated heterocycles. The molecule has 0 amide bonds. The second-order valence-electron chi connectivity index (χ2n) is 8.58. The Morgan fingerprint density at radius 1 is 0.964 bits per heavy atom. The minimum absolute atomic E-state index is 0.159. The molecule has 0 aliphatic heterocycles. The smallest absolute Gasteiger partial charge is 0.395 e. The van der Waals surface area contributed by atoms with E-state index in [2.05, 4.69) is 11.7 Å². The fraction of sp³-hybridized carbons (Fsp3) is 0.739. The lowest BCUT2D eigenvalue weighted by atomic mass is 9.68. The third kappa shape index (κ3) is 5.21. The van der Waals surface area contributed by atoms with Crippen molar-refractivity contribution < 1.29 is 26.4 Å². The third-order valence-electron chi connectivity index (χ3n) is 6.78. The van der Waals surface area contributed by atoms with Crippen LogP contribution in [0, 0.1) is 29.4 Å². The molecule has 3 rings (SSSR count). The number of hydrogen-bond donors (Lipinski definition) is 0. The number of ether oxygens (including phenoxy) is 1. The Bertz CT molecular complexity index is 737. The van der Waals surface area contributed by atoms with Crippen molar-refractivity contribution in [3.63, 3.8) is 0 Å². The van der Waals surface area contributed by atoms with E-state index in [1.807, 2.05) is 0 Å². The lowest BCUT2D eigenvalue weighted by Gasteiger charge is -2.38. The van der Waals surface area contributed by atoms with Gasteiger partial charge in [0.05, 0.1) is 0 Å². The molecule has 1 aromatic carbocycles. The lowest BCUT2D eigenvalue weighted by molar-refractivity contribution is -0.160. The second kappa shape index (κ2) is 9.04. The van der Waals surface area contributed by atoms with Crippen LogP contribution in [0.1, 0.15) is 93.6 Å². The Labute approximate surface area is 170 Å². The summed E-state index contributed by atoms with van der Waals surface area (Å²) in [5.41, 5.74) is 0.159. The molecule has 158 valence electrons. The molecule has 2 fully saturated rings. The molecule has 2 aliphatic rings. The van der Waals surface area contributed by atoms with Gasteiger partial charge in [0.15, 0.2) is 11.6 Å². The Morgan fingerprint density at radius 3 is 2.14 bits per heavy atom. The zero-order valence-corrected chi connectivity index (χ0v) is 16.5. The van der Waals surface area contributed by atoms with Crippen LogP contribution in [0.4, 0.5) is 17.6 Å². The summed E-state index contributed by atoms with van der Waals surface area (Å²) in [5.74, 6) is -1.84. The van der Waals surface area contributed by atoms with Crippen molar-refractivity contribution in [1.29, 1.82) is 0 Å². The zero-order valence-electron chi connectivity index (χ0n) is 19.5. The van der Waals surface area contributed by atoms with E-state index in [4.69, 9.17) is 4.11 Å². The van der Waals surface area contributed by atoms with E-state index in [0.29, 0.717) is 11.8 Å². The molecule has 0 bridgehead atoms. The van der Waals surface area contributed by atoms with Gasteiger partial charge in [-0.1, -0.05) is 38.7 Å². The summed E-state index contributed by atoms with van der Waals surface area (Å²) in [6.45, 7) is -1.55. The molecular formula is C23H32F4O. The van der Waals surface area contributed by atoms with Crippen LogP contribution in [0.5, 0.6) is 5.75 Å². The van der Waals surface area contributed by atoms with Crippen molar-refractivity contribution >= 4 is 0 Å². The molecule has 5 heteroatoms. The van der Waals surface area contributed by atoms with Crippen molar-refractivity contribution in [3.8, 4) is 5.75 Å². The summed E-state index contributed by atoms with van der Waals surface area (Å²) in [7, 11) is 0. The fourth-order valence-corrected chi connectivity index (χ4v) is 5.34. The average Bonchev–Trinajstić information content (AvgIpc) is 2.72. The van der Waals surface area contributed by atoms with Crippen LogP contribution in [0.3, 0.4) is 0 Å². The van der Waals surface area contributed by atoms with Crippen molar-refractivity contribution in [1.82, 2.24) is 0 Å². The highest BCUT2D eigenvalue weighted by Gasteiger charge is 2.33. The minimum Gasteiger partial charge on any atom is -0.430 e. The SMILES string of the molecule is [2H]C([2H])([2H])C(F)(F)Oc1ccc(C2CCC(C3CCC(CCC)CC3)CC2)c(F)c1F. The van der Waals surface area contributed by atoms with E-state index < -0.39 is 30.3 Å². The quantitative estimate of drug-likeness (QED) is 0.440. The molecule has 0 radical (unpaired) electrons. The van der Waals surface area contributed by atoms with Crippen LogP contribution in [0.25, 0.3) is 0 Å². The molecule has 0 atom stereocenters. The number of halogens is 4. The maximum Gasteiger partial charge on any atom is 0.395 e. The van der Waals surface area contributed by atoms with Gasteiger partial charge in [-0.3, -0.25) is 0 Å². The summed E-state index contributed by atoms with van der Waals surface area (Å²) >= 11 is 0. The molecule has 2 aliphatic carbocycles. The van der Waals surface area contributed by atoms with Crippen LogP contribution in [-0.2, 0) is 0 Å². The molecule has 1 aromatic rings. The maximum atomic E-state index is 14.6. The predicted octanol–water partition coefficient (Wildman–Crippen LogP) is 7.84. The Morgan fingerprint density at radius 2 is 1.57 bits per heavy atom. The number of alkyl halides is 2. The summed E-state index contributed by atoms with van der Waals surface area (Å²) in [6.07, 6.45) is 6.44. The van der Waals surface area contributed by atoms with E-state index in [1.165, 1.54) is 44.6 Å². The minimum atomic E-state index is -4.60. The van der Waals surface area contributed by atoms with Crippen LogP contribution >= 0.6 is 0 Å². The van der Waals surface area contributed by atoms with Gasteiger partial charge in [-0.25, -0.2) is 4.39 Å². The molecule has 1 nitrogen and oxygen atoms in total. The predicted molar refractivity (Wildman–Crippen MR) is 103 cm³/mol. The normalized spacial score (nSPS) is 31.0. The molecule has 28 heavy (non-hydrogen) atoms. The molecule has 0 unspecified atom stereocenters. The highest BCUT2D eigenvalue weighted by molar-refractivity contribution is 5.33. The second-order valence-corrected chi connectivity index (χ2v) is 8.58. The lowest BCUT2D eigenvalue weighted by Crippen LogP contribution is -2.25. The third-order valence-corrected chi connectivity index (χ3v) is 6.78. The zero-order chi connectivity index (χ0) is 22.8. The van der Waals surface area contributed by atoms with Crippen LogP contribution in [-0.4, -0.2) is 6.11 Å². The summed E-state index contributed by atoms with van der Waals surface area (Å²) in [6, 6.07) is 2.17. The van der Waals surface area contributed by atoms with E-state index in [-0.39, 0.29) is 11.5 Å². The van der Waals surface area contributed by atoms with Gasteiger partial charge < -0.3 is 4.74 Å². The molecule has 0 heterocycles. The highest BCUT2D eigenvalue weighted by Crippen LogP contribution is 2.45. The number of rotatable bonds is 6. The van der Waals surface area contributed by atoms with Crippen molar-refractivity contribution in [2.75, 3.05) is 0 Å². The van der Waals surface area contributed by atoms with Crippen LogP contribution in [0.15, 0.2) is 12.1 Å². The van der Waals surface area contributed by atoms with Crippen molar-refractivity contribution in [3.05, 3.63) is 29.3 Å². The first-order valence-electron chi connectivity index (χ1n) is 12.1. The van der Waals surface area contributed by atoms with Gasteiger partial charge in [0.2, 0.25) is 5.82 Å².